The van der Waals surface area contributed by atoms with Gasteiger partial charge in [0.05, 0.1) is 32.6 Å². The summed E-state index contributed by atoms with van der Waals surface area (Å²) in [7, 11) is -4.06. The summed E-state index contributed by atoms with van der Waals surface area (Å²) < 4.78 is 25.9. The van der Waals surface area contributed by atoms with E-state index in [-0.39, 0.29) is 32.2 Å². The van der Waals surface area contributed by atoms with E-state index in [9.17, 15) is 27.9 Å². The number of aromatic carboxylic acids is 1. The van der Waals surface area contributed by atoms with Gasteiger partial charge in [-0.25, -0.2) is 13.3 Å². The molecule has 3 aromatic rings. The van der Waals surface area contributed by atoms with Gasteiger partial charge in [-0.3, -0.25) is 9.59 Å². The second-order valence-corrected chi connectivity index (χ2v) is 8.61. The number of terminal acetylenes is 1. The van der Waals surface area contributed by atoms with Crippen molar-refractivity contribution in [3.8, 4) is 12.3 Å². The highest BCUT2D eigenvalue weighted by atomic mass is 32.2. The maximum absolute atomic E-state index is 12.9. The Kier molecular flexibility index (Phi) is 4.68. The molecule has 0 spiro atoms. The zero-order valence-corrected chi connectivity index (χ0v) is 16.5. The number of fused-ring (bicyclic) bond motifs is 1. The number of rotatable bonds is 4. The lowest BCUT2D eigenvalue weighted by Gasteiger charge is -2.13. The Morgan fingerprint density at radius 2 is 1.52 bits per heavy atom. The van der Waals surface area contributed by atoms with Crippen molar-refractivity contribution in [2.45, 2.75) is 9.79 Å². The summed E-state index contributed by atoms with van der Waals surface area (Å²) in [6.07, 6.45) is 5.38. The van der Waals surface area contributed by atoms with Crippen LogP contribution in [0.3, 0.4) is 0 Å². The Balaban J connectivity index is 1.74. The molecule has 4 rings (SSSR count). The summed E-state index contributed by atoms with van der Waals surface area (Å²) in [5, 5.41) is 10.9. The van der Waals surface area contributed by atoms with Crippen LogP contribution in [0.2, 0.25) is 0 Å². The number of nitrogens with zero attached hydrogens (tertiary/aromatic N) is 1. The van der Waals surface area contributed by atoms with E-state index in [1.165, 1.54) is 18.2 Å². The van der Waals surface area contributed by atoms with Crippen LogP contribution in [0, 0.1) is 12.3 Å². The van der Waals surface area contributed by atoms with Gasteiger partial charge in [-0.2, -0.15) is 0 Å². The van der Waals surface area contributed by atoms with Crippen molar-refractivity contribution in [1.82, 2.24) is 0 Å². The van der Waals surface area contributed by atoms with E-state index in [0.29, 0.717) is 5.56 Å². The molecule has 1 aliphatic heterocycles. The van der Waals surface area contributed by atoms with Gasteiger partial charge in [0.2, 0.25) is 9.84 Å². The average molecular weight is 430 g/mol. The van der Waals surface area contributed by atoms with Crippen LogP contribution in [-0.4, -0.2) is 26.2 Å². The lowest BCUT2D eigenvalue weighted by molar-refractivity contribution is -0.255. The fraction of sp³-hybridized carbons (Fsp3) is 0. The van der Waals surface area contributed by atoms with Gasteiger partial charge >= 0.3 is 0 Å². The predicted molar refractivity (Wildman–Crippen MR) is 108 cm³/mol. The van der Waals surface area contributed by atoms with Crippen molar-refractivity contribution in [3.63, 3.8) is 0 Å². The Morgan fingerprint density at radius 3 is 2.16 bits per heavy atom. The van der Waals surface area contributed by atoms with Gasteiger partial charge in [-0.15, -0.1) is 6.42 Å². The number of carbonyl (C=O) groups excluding carboxylic acids is 3. The summed E-state index contributed by atoms with van der Waals surface area (Å²) in [6.45, 7) is 0. The van der Waals surface area contributed by atoms with Crippen LogP contribution in [0.15, 0.2) is 76.5 Å². The Morgan fingerprint density at radius 1 is 0.871 bits per heavy atom. The molecule has 8 heteroatoms. The molecule has 3 aromatic carbocycles. The largest absolute Gasteiger partial charge is 0.545 e. The van der Waals surface area contributed by atoms with Crippen LogP contribution in [0.25, 0.3) is 0 Å². The fourth-order valence-electron chi connectivity index (χ4n) is 3.26. The van der Waals surface area contributed by atoms with Crippen LogP contribution >= 0.6 is 0 Å². The molecule has 0 N–H and O–H groups in total. The molecule has 0 bridgehead atoms. The zero-order valence-electron chi connectivity index (χ0n) is 15.7. The Labute approximate surface area is 177 Å². The van der Waals surface area contributed by atoms with Gasteiger partial charge in [0.1, 0.15) is 0 Å². The highest BCUT2D eigenvalue weighted by Gasteiger charge is 2.37. The number of anilines is 1. The minimum atomic E-state index is -4.06. The van der Waals surface area contributed by atoms with Gasteiger partial charge < -0.3 is 9.90 Å². The van der Waals surface area contributed by atoms with Crippen LogP contribution in [0.1, 0.15) is 36.6 Å². The number of carbonyl (C=O) groups is 3. The second-order valence-electron chi connectivity index (χ2n) is 6.66. The van der Waals surface area contributed by atoms with Gasteiger partial charge in [0, 0.05) is 5.56 Å². The minimum Gasteiger partial charge on any atom is -0.545 e. The smallest absolute Gasteiger partial charge is 0.266 e. The molecule has 31 heavy (non-hydrogen) atoms. The molecule has 1 heterocycles. The minimum absolute atomic E-state index is 0.0523. The van der Waals surface area contributed by atoms with Crippen molar-refractivity contribution in [2.75, 3.05) is 4.90 Å². The molecule has 0 atom stereocenters. The number of imide groups is 1. The molecule has 2 amide bonds. The maximum Gasteiger partial charge on any atom is 0.266 e. The molecule has 0 saturated carbocycles. The van der Waals surface area contributed by atoms with Crippen molar-refractivity contribution in [1.29, 1.82) is 0 Å². The summed E-state index contributed by atoms with van der Waals surface area (Å²) in [5.74, 6) is -0.255. The number of carboxylic acid groups (broad SMARTS) is 1. The summed E-state index contributed by atoms with van der Waals surface area (Å²) in [5.41, 5.74) is 0.616. The maximum atomic E-state index is 12.9. The number of hydrogen-bond donors (Lipinski definition) is 0. The molecule has 0 saturated heterocycles. The third-order valence-electron chi connectivity index (χ3n) is 4.84. The number of amides is 2. The first-order valence-electron chi connectivity index (χ1n) is 8.90. The SMILES string of the molecule is C#Cc1cccc(N2C(=O)c3ccc(S(=O)(=O)c4ccc(C(=O)[O-])cc4)cc3C2=O)c1. The van der Waals surface area contributed by atoms with Gasteiger partial charge in [0.15, 0.2) is 0 Å². The molecule has 152 valence electrons. The number of benzene rings is 3. The van der Waals surface area contributed by atoms with E-state index in [0.717, 1.165) is 35.2 Å². The first-order valence-corrected chi connectivity index (χ1v) is 10.4. The van der Waals surface area contributed by atoms with Crippen LogP contribution < -0.4 is 10.0 Å². The van der Waals surface area contributed by atoms with E-state index >= 15 is 0 Å². The third kappa shape index (κ3) is 3.27. The summed E-state index contributed by atoms with van der Waals surface area (Å²) in [6, 6.07) is 14.5. The molecule has 1 aliphatic rings. The molecule has 0 radical (unpaired) electrons. The summed E-state index contributed by atoms with van der Waals surface area (Å²) in [4.78, 5) is 37.2. The lowest BCUT2D eigenvalue weighted by atomic mass is 10.1. The highest BCUT2D eigenvalue weighted by molar-refractivity contribution is 7.91. The summed E-state index contributed by atoms with van der Waals surface area (Å²) >= 11 is 0. The van der Waals surface area contributed by atoms with E-state index in [2.05, 4.69) is 5.92 Å². The first kappa shape index (κ1) is 20.1. The molecular weight excluding hydrogens is 418 g/mol. The second kappa shape index (κ2) is 7.23. The van der Waals surface area contributed by atoms with Crippen LogP contribution in [0.5, 0.6) is 0 Å². The average Bonchev–Trinajstić information content (AvgIpc) is 3.03. The normalized spacial score (nSPS) is 13.1. The van der Waals surface area contributed by atoms with Crippen molar-refractivity contribution in [2.24, 2.45) is 0 Å². The Bertz CT molecular complexity index is 1420. The van der Waals surface area contributed by atoms with E-state index in [4.69, 9.17) is 6.42 Å². The number of carboxylic acids is 1. The van der Waals surface area contributed by atoms with E-state index in [1.54, 1.807) is 18.2 Å². The number of sulfone groups is 1. The van der Waals surface area contributed by atoms with E-state index in [1.807, 2.05) is 0 Å². The molecular formula is C23H12NO6S-. The van der Waals surface area contributed by atoms with E-state index < -0.39 is 27.6 Å². The van der Waals surface area contributed by atoms with Gasteiger partial charge in [-0.1, -0.05) is 24.1 Å². The van der Waals surface area contributed by atoms with Crippen molar-refractivity contribution in [3.05, 3.63) is 89.0 Å². The molecule has 0 unspecified atom stereocenters. The van der Waals surface area contributed by atoms with Crippen LogP contribution in [-0.2, 0) is 9.84 Å². The molecule has 0 aliphatic carbocycles. The highest BCUT2D eigenvalue weighted by Crippen LogP contribution is 2.32. The fourth-order valence-corrected chi connectivity index (χ4v) is 4.55. The zero-order chi connectivity index (χ0) is 22.3. The monoisotopic (exact) mass is 430 g/mol. The molecule has 0 fully saturated rings. The predicted octanol–water partition coefficient (Wildman–Crippen LogP) is 1.66. The number of hydrogen-bond acceptors (Lipinski definition) is 6. The lowest BCUT2D eigenvalue weighted by Crippen LogP contribution is -2.29. The van der Waals surface area contributed by atoms with Gasteiger partial charge in [0.25, 0.3) is 11.8 Å². The third-order valence-corrected chi connectivity index (χ3v) is 6.61. The topological polar surface area (TPSA) is 112 Å². The van der Waals surface area contributed by atoms with Crippen molar-refractivity contribution < 1.29 is 27.9 Å². The van der Waals surface area contributed by atoms with Crippen LogP contribution in [0.4, 0.5) is 5.69 Å². The molecule has 0 aromatic heterocycles. The Hall–Kier alpha value is -4.22. The van der Waals surface area contributed by atoms with Crippen molar-refractivity contribution >= 4 is 33.3 Å². The standard InChI is InChI=1S/C23H13NO6S/c1-2-14-4-3-5-16(12-14)24-21(25)19-11-10-18(13-20(19)22(24)26)31(29,30)17-8-6-15(7-9-17)23(27)28/h1,3-13H,(H,27,28)/p-1. The van der Waals surface area contributed by atoms with Gasteiger partial charge in [-0.05, 0) is 54.1 Å². The molecule has 7 nitrogen and oxygen atoms in total. The quantitative estimate of drug-likeness (QED) is 0.460. The first-order chi connectivity index (χ1) is 14.7.